The number of nitrogens with zero attached hydrogens (tertiary/aromatic N) is 3. The molecule has 0 saturated carbocycles. The topological polar surface area (TPSA) is 114 Å². The maximum Gasteiger partial charge on any atom is 0.243 e. The molecule has 1 aliphatic heterocycles. The fourth-order valence-electron chi connectivity index (χ4n) is 5.02. The van der Waals surface area contributed by atoms with Crippen LogP contribution in [0.5, 0.6) is 5.75 Å². The Hall–Kier alpha value is -2.57. The van der Waals surface area contributed by atoms with Gasteiger partial charge in [0.15, 0.2) is 0 Å². The van der Waals surface area contributed by atoms with Gasteiger partial charge < -0.3 is 15.0 Å². The Labute approximate surface area is 233 Å². The van der Waals surface area contributed by atoms with Crippen LogP contribution in [-0.2, 0) is 21.2 Å². The predicted octanol–water partition coefficient (Wildman–Crippen LogP) is 3.26. The molecule has 0 bridgehead atoms. The second-order valence-corrected chi connectivity index (χ2v) is 11.7. The number of amides is 1. The molecule has 38 heavy (non-hydrogen) atoms. The second kappa shape index (κ2) is 12.5. The maximum absolute atomic E-state index is 12.8. The van der Waals surface area contributed by atoms with E-state index in [4.69, 9.17) is 4.74 Å². The van der Waals surface area contributed by atoms with E-state index >= 15 is 0 Å². The van der Waals surface area contributed by atoms with E-state index in [1.54, 1.807) is 24.1 Å². The Kier molecular flexibility index (Phi) is 9.37. The lowest BCUT2D eigenvalue weighted by molar-refractivity contribution is -0.131. The molecule has 1 saturated heterocycles. The van der Waals surface area contributed by atoms with Gasteiger partial charge in [-0.1, -0.05) is 18.2 Å². The van der Waals surface area contributed by atoms with Crippen molar-refractivity contribution in [3.05, 3.63) is 53.6 Å². The minimum Gasteiger partial charge on any atom is -0.497 e. The lowest BCUT2D eigenvalue weighted by Gasteiger charge is -2.32. The summed E-state index contributed by atoms with van der Waals surface area (Å²) in [6.07, 6.45) is 6.19. The molecule has 2 aliphatic rings. The monoisotopic (exact) mass is 577 g/mol. The predicted molar refractivity (Wildman–Crippen MR) is 151 cm³/mol. The minimum absolute atomic E-state index is 0. The van der Waals surface area contributed by atoms with E-state index in [0.29, 0.717) is 30.0 Å². The number of likely N-dealkylation sites (tertiary alicyclic amines) is 1. The number of sulfonamides is 1. The largest absolute Gasteiger partial charge is 0.497 e. The Morgan fingerprint density at radius 2 is 2.00 bits per heavy atom. The highest BCUT2D eigenvalue weighted by atomic mass is 35.5. The number of aromatic nitrogens is 2. The van der Waals surface area contributed by atoms with E-state index in [9.17, 15) is 13.2 Å². The van der Waals surface area contributed by atoms with Crippen molar-refractivity contribution < 1.29 is 17.9 Å². The standard InChI is InChI=1S/C26H31N5O4S2.ClH/c1-35-21-9-8-19-4-2-5-20(22(19)14-21)16-27-15-18-10-12-31(13-11-18)25(32)17-28-37(33,34)24-7-3-6-23-26(24)30-36-29-23;/h3,5-9,14,18,27-28H,2,4,10-13,15-17H2,1H3;1H. The number of carbonyl (C=O) groups excluding carboxylic acids is 1. The van der Waals surface area contributed by atoms with E-state index < -0.39 is 10.0 Å². The summed E-state index contributed by atoms with van der Waals surface area (Å²) < 4.78 is 41.6. The first-order valence-electron chi connectivity index (χ1n) is 12.5. The van der Waals surface area contributed by atoms with Crippen molar-refractivity contribution in [3.63, 3.8) is 0 Å². The molecule has 2 aromatic carbocycles. The second-order valence-electron chi connectivity index (χ2n) is 9.46. The molecule has 1 aromatic heterocycles. The van der Waals surface area contributed by atoms with E-state index in [1.165, 1.54) is 22.8 Å². The SMILES string of the molecule is COc1ccc2c(c1)C(CNCC1CCN(C(=O)CNS(=O)(=O)c3cccc4nsnc34)CC1)=CCC2.Cl. The summed E-state index contributed by atoms with van der Waals surface area (Å²) in [7, 11) is -2.17. The molecule has 0 radical (unpaired) electrons. The number of ether oxygens (including phenoxy) is 1. The summed E-state index contributed by atoms with van der Waals surface area (Å²) in [5, 5.41) is 3.61. The normalized spacial score (nSPS) is 16.0. The molecule has 2 N–H and O–H groups in total. The molecule has 0 atom stereocenters. The van der Waals surface area contributed by atoms with Crippen molar-refractivity contribution in [2.75, 3.05) is 39.8 Å². The number of fused-ring (bicyclic) bond motifs is 2. The van der Waals surface area contributed by atoms with E-state index in [1.807, 2.05) is 6.07 Å². The average Bonchev–Trinajstić information content (AvgIpc) is 3.41. The zero-order valence-corrected chi connectivity index (χ0v) is 23.6. The third-order valence-corrected chi connectivity index (χ3v) is 9.11. The van der Waals surface area contributed by atoms with Crippen molar-refractivity contribution in [2.45, 2.75) is 30.6 Å². The fourth-order valence-corrected chi connectivity index (χ4v) is 6.76. The fraction of sp³-hybridized carbons (Fsp3) is 0.423. The van der Waals surface area contributed by atoms with Crippen LogP contribution >= 0.6 is 24.1 Å². The number of allylic oxidation sites excluding steroid dienone is 1. The zero-order chi connectivity index (χ0) is 25.8. The Morgan fingerprint density at radius 3 is 2.79 bits per heavy atom. The number of benzene rings is 2. The van der Waals surface area contributed by atoms with Gasteiger partial charge in [-0.05, 0) is 79.1 Å². The van der Waals surface area contributed by atoms with Gasteiger partial charge in [0.2, 0.25) is 15.9 Å². The average molecular weight is 578 g/mol. The molecule has 5 rings (SSSR count). The Balaban J connectivity index is 0.00000336. The minimum atomic E-state index is -3.87. The molecule has 1 fully saturated rings. The van der Waals surface area contributed by atoms with Crippen molar-refractivity contribution in [3.8, 4) is 5.75 Å². The molecule has 0 unspecified atom stereocenters. The molecule has 1 aliphatic carbocycles. The molecule has 3 aromatic rings. The van der Waals surface area contributed by atoms with Gasteiger partial charge in [-0.25, -0.2) is 13.1 Å². The van der Waals surface area contributed by atoms with E-state index in [0.717, 1.165) is 56.3 Å². The van der Waals surface area contributed by atoms with Crippen LogP contribution in [0.1, 0.15) is 30.4 Å². The van der Waals surface area contributed by atoms with Crippen LogP contribution in [0.4, 0.5) is 0 Å². The first-order valence-corrected chi connectivity index (χ1v) is 14.7. The number of nitrogens with one attached hydrogen (secondary N) is 2. The van der Waals surface area contributed by atoms with Crippen molar-refractivity contribution in [2.24, 2.45) is 5.92 Å². The summed E-state index contributed by atoms with van der Waals surface area (Å²) in [6, 6.07) is 11.1. The molecule has 204 valence electrons. The third-order valence-electron chi connectivity index (χ3n) is 7.14. The van der Waals surface area contributed by atoms with Gasteiger partial charge >= 0.3 is 0 Å². The Morgan fingerprint density at radius 1 is 1.18 bits per heavy atom. The van der Waals surface area contributed by atoms with Crippen molar-refractivity contribution in [1.82, 2.24) is 23.7 Å². The summed E-state index contributed by atoms with van der Waals surface area (Å²) >= 11 is 0.962. The number of carbonyl (C=O) groups is 1. The summed E-state index contributed by atoms with van der Waals surface area (Å²) in [6.45, 7) is 2.68. The van der Waals surface area contributed by atoms with Gasteiger partial charge in [0.25, 0.3) is 0 Å². The molecule has 1 amide bonds. The quantitative estimate of drug-likeness (QED) is 0.401. The van der Waals surface area contributed by atoms with Gasteiger partial charge in [0, 0.05) is 19.6 Å². The van der Waals surface area contributed by atoms with Crippen molar-refractivity contribution >= 4 is 56.7 Å². The number of piperidine rings is 1. The third kappa shape index (κ3) is 6.35. The zero-order valence-electron chi connectivity index (χ0n) is 21.2. The van der Waals surface area contributed by atoms with E-state index in [2.05, 4.69) is 37.0 Å². The molecule has 2 heterocycles. The van der Waals surface area contributed by atoms with Gasteiger partial charge in [-0.2, -0.15) is 8.75 Å². The highest BCUT2D eigenvalue weighted by Crippen LogP contribution is 2.29. The molecule has 0 spiro atoms. The maximum atomic E-state index is 12.8. The number of halogens is 1. The highest BCUT2D eigenvalue weighted by Gasteiger charge is 2.25. The van der Waals surface area contributed by atoms with Gasteiger partial charge in [0.05, 0.1) is 25.4 Å². The molecular weight excluding hydrogens is 546 g/mol. The smallest absolute Gasteiger partial charge is 0.243 e. The molecule has 9 nitrogen and oxygen atoms in total. The molecular formula is C26H32ClN5O4S2. The van der Waals surface area contributed by atoms with Crippen LogP contribution in [-0.4, -0.2) is 67.8 Å². The van der Waals surface area contributed by atoms with Gasteiger partial charge in [0.1, 0.15) is 21.7 Å². The Bertz CT molecular complexity index is 1420. The first kappa shape index (κ1) is 28.4. The van der Waals surface area contributed by atoms with E-state index in [-0.39, 0.29) is 29.8 Å². The number of hydrogen-bond acceptors (Lipinski definition) is 8. The summed E-state index contributed by atoms with van der Waals surface area (Å²) in [5.74, 6) is 1.14. The van der Waals surface area contributed by atoms with Gasteiger partial charge in [-0.15, -0.1) is 12.4 Å². The first-order chi connectivity index (χ1) is 17.9. The number of methoxy groups -OCH3 is 1. The van der Waals surface area contributed by atoms with Gasteiger partial charge in [-0.3, -0.25) is 4.79 Å². The number of rotatable bonds is 9. The van der Waals surface area contributed by atoms with Crippen LogP contribution in [0.2, 0.25) is 0 Å². The lowest BCUT2D eigenvalue weighted by atomic mass is 9.90. The van der Waals surface area contributed by atoms with Crippen LogP contribution in [0, 0.1) is 5.92 Å². The van der Waals surface area contributed by atoms with Crippen LogP contribution in [0.15, 0.2) is 47.4 Å². The van der Waals surface area contributed by atoms with Crippen LogP contribution in [0.3, 0.4) is 0 Å². The molecule has 12 heteroatoms. The highest BCUT2D eigenvalue weighted by molar-refractivity contribution is 7.89. The van der Waals surface area contributed by atoms with Crippen LogP contribution in [0.25, 0.3) is 16.6 Å². The van der Waals surface area contributed by atoms with Crippen molar-refractivity contribution in [1.29, 1.82) is 0 Å². The summed E-state index contributed by atoms with van der Waals surface area (Å²) in [4.78, 5) is 14.5. The summed E-state index contributed by atoms with van der Waals surface area (Å²) in [5.41, 5.74) is 4.79. The number of aryl methyl sites for hydroxylation is 1. The number of hydrogen-bond donors (Lipinski definition) is 2. The van der Waals surface area contributed by atoms with Crippen LogP contribution < -0.4 is 14.8 Å². The lowest BCUT2D eigenvalue weighted by Crippen LogP contribution is -2.45.